The second kappa shape index (κ2) is 6.80. The highest BCUT2D eigenvalue weighted by atomic mass is 16.3. The fraction of sp³-hybridized carbons (Fsp3) is 0.500. The number of nitrogens with zero attached hydrogens (tertiary/aromatic N) is 1. The van der Waals surface area contributed by atoms with E-state index in [1.807, 2.05) is 0 Å². The Balaban J connectivity index is 1.90. The van der Waals surface area contributed by atoms with Crippen LogP contribution < -0.4 is 0 Å². The lowest BCUT2D eigenvalue weighted by Crippen LogP contribution is -2.30. The van der Waals surface area contributed by atoms with E-state index in [4.69, 9.17) is 0 Å². The van der Waals surface area contributed by atoms with Crippen LogP contribution in [0.1, 0.15) is 49.5 Å². The second-order valence-corrected chi connectivity index (χ2v) is 6.47. The van der Waals surface area contributed by atoms with Gasteiger partial charge in [-0.15, -0.1) is 0 Å². The second-order valence-electron chi connectivity index (χ2n) is 6.47. The topological polar surface area (TPSA) is 23.5 Å². The Labute approximate surface area is 133 Å². The molecule has 0 radical (unpaired) electrons. The van der Waals surface area contributed by atoms with Crippen LogP contribution in [-0.4, -0.2) is 29.6 Å². The molecule has 0 unspecified atom stereocenters. The third-order valence-corrected chi connectivity index (χ3v) is 4.78. The van der Waals surface area contributed by atoms with Gasteiger partial charge in [0.2, 0.25) is 0 Å². The molecule has 0 heterocycles. The molecular formula is C20H27NO. The highest BCUT2D eigenvalue weighted by Crippen LogP contribution is 2.35. The van der Waals surface area contributed by atoms with Gasteiger partial charge in [0, 0.05) is 6.54 Å². The molecule has 0 spiro atoms. The normalized spacial score (nSPS) is 14.9. The minimum absolute atomic E-state index is 0.400. The van der Waals surface area contributed by atoms with Crippen LogP contribution in [0.15, 0.2) is 30.3 Å². The molecule has 2 nitrogen and oxygen atoms in total. The molecule has 0 saturated heterocycles. The van der Waals surface area contributed by atoms with E-state index in [1.54, 1.807) is 0 Å². The molecule has 0 fully saturated rings. The van der Waals surface area contributed by atoms with E-state index >= 15 is 0 Å². The zero-order chi connectivity index (χ0) is 15.5. The molecule has 0 aliphatic heterocycles. The van der Waals surface area contributed by atoms with Crippen molar-refractivity contribution in [2.75, 3.05) is 19.6 Å². The summed E-state index contributed by atoms with van der Waals surface area (Å²) in [6.45, 7) is 7.26. The van der Waals surface area contributed by atoms with Crippen LogP contribution in [0.5, 0.6) is 0 Å². The fourth-order valence-corrected chi connectivity index (χ4v) is 3.83. The number of benzene rings is 2. The molecule has 1 atom stereocenters. The molecule has 118 valence electrons. The molecule has 2 heteroatoms. The Morgan fingerprint density at radius 3 is 2.36 bits per heavy atom. The molecule has 0 saturated carbocycles. The number of aryl methyl sites for hydroxylation is 2. The third-order valence-electron chi connectivity index (χ3n) is 4.78. The molecule has 2 aromatic carbocycles. The third kappa shape index (κ3) is 2.90. The van der Waals surface area contributed by atoms with Crippen molar-refractivity contribution in [2.45, 2.75) is 45.6 Å². The van der Waals surface area contributed by atoms with Gasteiger partial charge >= 0.3 is 0 Å². The zero-order valence-electron chi connectivity index (χ0n) is 13.8. The first-order chi connectivity index (χ1) is 10.7. The number of aliphatic hydroxyl groups excluding tert-OH is 1. The number of rotatable bonds is 7. The Kier molecular flexibility index (Phi) is 4.80. The van der Waals surface area contributed by atoms with E-state index in [0.717, 1.165) is 50.9 Å². The van der Waals surface area contributed by atoms with Crippen LogP contribution in [0.3, 0.4) is 0 Å². The molecule has 1 aliphatic rings. The van der Waals surface area contributed by atoms with Crippen molar-refractivity contribution in [3.8, 4) is 0 Å². The predicted octanol–water partition coefficient (Wildman–Crippen LogP) is 4.09. The van der Waals surface area contributed by atoms with E-state index in [0.29, 0.717) is 0 Å². The molecule has 0 bridgehead atoms. The number of hydrogen-bond donors (Lipinski definition) is 1. The molecule has 0 aromatic heterocycles. The lowest BCUT2D eigenvalue weighted by atomic mass is 9.96. The van der Waals surface area contributed by atoms with Gasteiger partial charge in [-0.3, -0.25) is 0 Å². The van der Waals surface area contributed by atoms with E-state index < -0.39 is 6.10 Å². The lowest BCUT2D eigenvalue weighted by Gasteiger charge is -2.25. The SMILES string of the molecule is CCCN(CCC)C[C@@H](O)c1ccc2c3c(cccc13)CC2. The first-order valence-corrected chi connectivity index (χ1v) is 8.68. The first kappa shape index (κ1) is 15.5. The summed E-state index contributed by atoms with van der Waals surface area (Å²) in [4.78, 5) is 2.38. The Hall–Kier alpha value is -1.38. The van der Waals surface area contributed by atoms with E-state index in [-0.39, 0.29) is 0 Å². The molecule has 2 aromatic rings. The van der Waals surface area contributed by atoms with Crippen molar-refractivity contribution in [1.29, 1.82) is 0 Å². The molecule has 1 aliphatic carbocycles. The quantitative estimate of drug-likeness (QED) is 0.832. The van der Waals surface area contributed by atoms with Crippen LogP contribution in [0, 0.1) is 0 Å². The minimum Gasteiger partial charge on any atom is -0.387 e. The van der Waals surface area contributed by atoms with Gasteiger partial charge in [0.15, 0.2) is 0 Å². The van der Waals surface area contributed by atoms with E-state index in [9.17, 15) is 5.11 Å². The summed E-state index contributed by atoms with van der Waals surface area (Å²) in [6, 6.07) is 10.9. The van der Waals surface area contributed by atoms with Crippen molar-refractivity contribution in [3.63, 3.8) is 0 Å². The van der Waals surface area contributed by atoms with Crippen LogP contribution >= 0.6 is 0 Å². The largest absolute Gasteiger partial charge is 0.387 e. The van der Waals surface area contributed by atoms with Gasteiger partial charge in [-0.25, -0.2) is 0 Å². The van der Waals surface area contributed by atoms with E-state index in [2.05, 4.69) is 49.1 Å². The van der Waals surface area contributed by atoms with Gasteiger partial charge in [0.25, 0.3) is 0 Å². The number of aliphatic hydroxyl groups is 1. The molecular weight excluding hydrogens is 270 g/mol. The predicted molar refractivity (Wildman–Crippen MR) is 93.3 cm³/mol. The van der Waals surface area contributed by atoms with Gasteiger partial charge in [-0.1, -0.05) is 44.2 Å². The summed E-state index contributed by atoms with van der Waals surface area (Å²) >= 11 is 0. The number of hydrogen-bond acceptors (Lipinski definition) is 2. The highest BCUT2D eigenvalue weighted by Gasteiger charge is 2.20. The summed E-state index contributed by atoms with van der Waals surface area (Å²) in [5.41, 5.74) is 3.99. The Bertz CT molecular complexity index is 633. The van der Waals surface area contributed by atoms with Crippen molar-refractivity contribution >= 4 is 10.8 Å². The van der Waals surface area contributed by atoms with Crippen molar-refractivity contribution < 1.29 is 5.11 Å². The maximum atomic E-state index is 10.8. The van der Waals surface area contributed by atoms with Gasteiger partial charge in [-0.2, -0.15) is 0 Å². The van der Waals surface area contributed by atoms with Crippen LogP contribution in [-0.2, 0) is 12.8 Å². The standard InChI is InChI=1S/C20H27NO/c1-3-12-21(13-4-2)14-19(22)17-11-10-16-9-8-15-6-5-7-18(17)20(15)16/h5-7,10-11,19,22H,3-4,8-9,12-14H2,1-2H3/t19-/m1/s1. The molecule has 0 amide bonds. The summed E-state index contributed by atoms with van der Waals surface area (Å²) in [6.07, 6.45) is 4.16. The maximum Gasteiger partial charge on any atom is 0.0922 e. The average Bonchev–Trinajstić information content (AvgIpc) is 2.93. The first-order valence-electron chi connectivity index (χ1n) is 8.68. The van der Waals surface area contributed by atoms with Gasteiger partial charge in [-0.05, 0) is 66.2 Å². The van der Waals surface area contributed by atoms with Crippen molar-refractivity contribution in [2.24, 2.45) is 0 Å². The van der Waals surface area contributed by atoms with Gasteiger partial charge < -0.3 is 10.0 Å². The van der Waals surface area contributed by atoms with Gasteiger partial charge in [0.1, 0.15) is 0 Å². The molecule has 3 rings (SSSR count). The molecule has 22 heavy (non-hydrogen) atoms. The van der Waals surface area contributed by atoms with Crippen molar-refractivity contribution in [3.05, 3.63) is 47.0 Å². The Morgan fingerprint density at radius 2 is 1.68 bits per heavy atom. The highest BCUT2D eigenvalue weighted by molar-refractivity contribution is 5.93. The summed E-state index contributed by atoms with van der Waals surface area (Å²) in [5, 5.41) is 13.5. The zero-order valence-corrected chi connectivity index (χ0v) is 13.8. The molecule has 1 N–H and O–H groups in total. The van der Waals surface area contributed by atoms with Crippen LogP contribution in [0.25, 0.3) is 10.8 Å². The fourth-order valence-electron chi connectivity index (χ4n) is 3.83. The van der Waals surface area contributed by atoms with Gasteiger partial charge in [0.05, 0.1) is 6.10 Å². The lowest BCUT2D eigenvalue weighted by molar-refractivity contribution is 0.114. The average molecular weight is 297 g/mol. The monoisotopic (exact) mass is 297 g/mol. The van der Waals surface area contributed by atoms with Crippen LogP contribution in [0.2, 0.25) is 0 Å². The van der Waals surface area contributed by atoms with E-state index in [1.165, 1.54) is 21.9 Å². The minimum atomic E-state index is -0.400. The summed E-state index contributed by atoms with van der Waals surface area (Å²) < 4.78 is 0. The summed E-state index contributed by atoms with van der Waals surface area (Å²) in [7, 11) is 0. The van der Waals surface area contributed by atoms with Crippen molar-refractivity contribution in [1.82, 2.24) is 4.90 Å². The maximum absolute atomic E-state index is 10.8. The van der Waals surface area contributed by atoms with Crippen LogP contribution in [0.4, 0.5) is 0 Å². The Morgan fingerprint density at radius 1 is 1.00 bits per heavy atom. The summed E-state index contributed by atoms with van der Waals surface area (Å²) in [5.74, 6) is 0. The smallest absolute Gasteiger partial charge is 0.0922 e.